The Morgan fingerprint density at radius 1 is 1.00 bits per heavy atom. The summed E-state index contributed by atoms with van der Waals surface area (Å²) >= 11 is 0. The van der Waals surface area contributed by atoms with E-state index in [-0.39, 0.29) is 17.2 Å². The lowest BCUT2D eigenvalue weighted by molar-refractivity contribution is -0.133. The van der Waals surface area contributed by atoms with E-state index in [0.717, 1.165) is 19.5 Å². The van der Waals surface area contributed by atoms with Crippen molar-refractivity contribution >= 4 is 26.8 Å². The van der Waals surface area contributed by atoms with E-state index >= 15 is 0 Å². The van der Waals surface area contributed by atoms with Crippen molar-refractivity contribution in [2.75, 3.05) is 26.2 Å². The number of hydrogen-bond acceptors (Lipinski definition) is 5. The third-order valence-corrected chi connectivity index (χ3v) is 8.72. The molecule has 0 saturated carbocycles. The molecule has 9 nitrogen and oxygen atoms in total. The van der Waals surface area contributed by atoms with Crippen LogP contribution in [0.1, 0.15) is 24.1 Å². The number of hydrogen-bond donors (Lipinski definition) is 2. The van der Waals surface area contributed by atoms with Crippen molar-refractivity contribution in [3.63, 3.8) is 0 Å². The van der Waals surface area contributed by atoms with Gasteiger partial charge < -0.3 is 14.5 Å². The Morgan fingerprint density at radius 3 is 2.67 bits per heavy atom. The number of carbonyl (C=O) groups excluding carboxylic acids is 1. The number of nitrogens with zero attached hydrogens (tertiary/aromatic N) is 4. The van der Waals surface area contributed by atoms with Crippen molar-refractivity contribution in [3.05, 3.63) is 90.4 Å². The van der Waals surface area contributed by atoms with E-state index < -0.39 is 16.1 Å². The average molecular weight is 545 g/mol. The fraction of sp³-hybridized carbons (Fsp3) is 0.310. The highest BCUT2D eigenvalue weighted by Gasteiger charge is 2.31. The molecule has 4 aromatic rings. The quantitative estimate of drug-likeness (QED) is 0.336. The van der Waals surface area contributed by atoms with E-state index in [1.54, 1.807) is 52.2 Å². The van der Waals surface area contributed by atoms with E-state index in [1.807, 2.05) is 24.3 Å². The highest BCUT2D eigenvalue weighted by atomic mass is 32.2. The lowest BCUT2D eigenvalue weighted by Crippen LogP contribution is -2.49. The van der Waals surface area contributed by atoms with Crippen LogP contribution in [0.4, 0.5) is 0 Å². The first-order valence-corrected chi connectivity index (χ1v) is 14.6. The van der Waals surface area contributed by atoms with Crippen LogP contribution in [0.2, 0.25) is 0 Å². The van der Waals surface area contributed by atoms with Gasteiger partial charge in [-0.05, 0) is 48.7 Å². The Labute approximate surface area is 228 Å². The summed E-state index contributed by atoms with van der Waals surface area (Å²) in [6, 6.07) is 21.6. The number of benzene rings is 2. The van der Waals surface area contributed by atoms with Gasteiger partial charge in [0.15, 0.2) is 0 Å². The number of nitrogens with one attached hydrogen (secondary N) is 2. The summed E-state index contributed by atoms with van der Waals surface area (Å²) in [6.07, 6.45) is 4.48. The minimum Gasteiger partial charge on any atom is -0.361 e. The maximum absolute atomic E-state index is 13.9. The summed E-state index contributed by atoms with van der Waals surface area (Å²) in [5.41, 5.74) is 2.40. The second-order valence-corrected chi connectivity index (χ2v) is 11.5. The summed E-state index contributed by atoms with van der Waals surface area (Å²) in [4.78, 5) is 21.1. The summed E-state index contributed by atoms with van der Waals surface area (Å²) in [6.45, 7) is 3.78. The third-order valence-electron chi connectivity index (χ3n) is 7.19. The Kier molecular flexibility index (Phi) is 8.12. The minimum atomic E-state index is -4.01. The van der Waals surface area contributed by atoms with Crippen LogP contribution in [0.25, 0.3) is 10.9 Å². The first-order valence-electron chi connectivity index (χ1n) is 13.1. The van der Waals surface area contributed by atoms with Crippen LogP contribution in [-0.4, -0.2) is 65.9 Å². The molecule has 0 bridgehead atoms. The lowest BCUT2D eigenvalue weighted by atomic mass is 10.2. The van der Waals surface area contributed by atoms with Crippen LogP contribution in [0.5, 0.6) is 0 Å². The van der Waals surface area contributed by atoms with Crippen molar-refractivity contribution in [1.82, 2.24) is 24.1 Å². The molecule has 0 aliphatic carbocycles. The van der Waals surface area contributed by atoms with Crippen LogP contribution >= 0.6 is 0 Å². The minimum absolute atomic E-state index is 0.127. The molecular weight excluding hydrogens is 512 g/mol. The maximum atomic E-state index is 13.9. The second kappa shape index (κ2) is 11.9. The first-order chi connectivity index (χ1) is 18.9. The third kappa shape index (κ3) is 6.23. The number of aromatic amines is 1. The van der Waals surface area contributed by atoms with Gasteiger partial charge in [0.25, 0.3) is 0 Å². The molecule has 3 heterocycles. The smallest absolute Gasteiger partial charge is 0.241 e. The van der Waals surface area contributed by atoms with Gasteiger partial charge in [0, 0.05) is 62.6 Å². The molecule has 202 valence electrons. The van der Waals surface area contributed by atoms with Crippen LogP contribution in [-0.2, 0) is 27.9 Å². The van der Waals surface area contributed by atoms with E-state index in [9.17, 15) is 18.5 Å². The molecule has 10 heteroatoms. The second-order valence-electron chi connectivity index (χ2n) is 9.80. The molecule has 1 saturated heterocycles. The predicted molar refractivity (Wildman–Crippen MR) is 149 cm³/mol. The van der Waals surface area contributed by atoms with Crippen molar-refractivity contribution in [1.29, 1.82) is 5.26 Å². The zero-order valence-corrected chi connectivity index (χ0v) is 22.5. The van der Waals surface area contributed by atoms with Gasteiger partial charge in [-0.1, -0.05) is 36.4 Å². The van der Waals surface area contributed by atoms with E-state index in [1.165, 1.54) is 5.56 Å². The molecule has 5 rings (SSSR count). The number of rotatable bonds is 9. The molecule has 2 aromatic heterocycles. The lowest BCUT2D eigenvalue weighted by Gasteiger charge is -2.27. The van der Waals surface area contributed by atoms with E-state index in [0.29, 0.717) is 42.8 Å². The topological polar surface area (TPSA) is 114 Å². The van der Waals surface area contributed by atoms with Crippen molar-refractivity contribution < 1.29 is 13.2 Å². The number of sulfonamides is 1. The van der Waals surface area contributed by atoms with Gasteiger partial charge in [-0.15, -0.1) is 0 Å². The number of fused-ring (bicyclic) bond motifs is 1. The molecule has 0 spiro atoms. The number of amides is 1. The largest absolute Gasteiger partial charge is 0.361 e. The number of nitriles is 1. The maximum Gasteiger partial charge on any atom is 0.241 e. The normalized spacial score (nSPS) is 15.6. The van der Waals surface area contributed by atoms with Gasteiger partial charge >= 0.3 is 0 Å². The highest BCUT2D eigenvalue weighted by molar-refractivity contribution is 7.89. The summed E-state index contributed by atoms with van der Waals surface area (Å²) < 4.78 is 31.6. The fourth-order valence-corrected chi connectivity index (χ4v) is 6.61. The molecule has 1 amide bonds. The van der Waals surface area contributed by atoms with Crippen molar-refractivity contribution in [2.45, 2.75) is 36.9 Å². The Hall–Kier alpha value is -3.91. The molecule has 2 N–H and O–H groups in total. The molecule has 1 aliphatic rings. The summed E-state index contributed by atoms with van der Waals surface area (Å²) in [7, 11) is -4.01. The van der Waals surface area contributed by atoms with Gasteiger partial charge in [0.1, 0.15) is 17.8 Å². The standard InChI is InChI=1S/C29H32N6O3S/c30-21-24-9-5-16-34(24)18-13-27(32-39(37,38)28-11-4-10-26-25(28)12-14-31-26)29(36)35-17-6-15-33(19-20-35)22-23-7-2-1-3-8-23/h1-5,7-12,14,16,27,31-32H,6,13,15,17-20,22H2. The van der Waals surface area contributed by atoms with Crippen LogP contribution < -0.4 is 4.72 Å². The van der Waals surface area contributed by atoms with Crippen LogP contribution in [0.3, 0.4) is 0 Å². The average Bonchev–Trinajstić information content (AvgIpc) is 3.56. The van der Waals surface area contributed by atoms with Crippen molar-refractivity contribution in [3.8, 4) is 6.07 Å². The SMILES string of the molecule is N#Cc1cccn1CCC(NS(=O)(=O)c1cccc2[nH]ccc12)C(=O)N1CCCN(Cc2ccccc2)CC1. The van der Waals surface area contributed by atoms with Crippen LogP contribution in [0.15, 0.2) is 84.0 Å². The predicted octanol–water partition coefficient (Wildman–Crippen LogP) is 3.31. The molecule has 1 fully saturated rings. The van der Waals surface area contributed by atoms with Gasteiger partial charge in [0.05, 0.1) is 4.90 Å². The zero-order valence-electron chi connectivity index (χ0n) is 21.7. The number of H-pyrrole nitrogens is 1. The van der Waals surface area contributed by atoms with Gasteiger partial charge in [0.2, 0.25) is 15.9 Å². The van der Waals surface area contributed by atoms with Gasteiger partial charge in [-0.25, -0.2) is 8.42 Å². The van der Waals surface area contributed by atoms with E-state index in [4.69, 9.17) is 0 Å². The summed E-state index contributed by atoms with van der Waals surface area (Å²) in [5, 5.41) is 9.97. The highest BCUT2D eigenvalue weighted by Crippen LogP contribution is 2.23. The number of carbonyl (C=O) groups is 1. The van der Waals surface area contributed by atoms with Gasteiger partial charge in [-0.3, -0.25) is 9.69 Å². The molecule has 1 aliphatic heterocycles. The van der Waals surface area contributed by atoms with E-state index in [2.05, 4.69) is 32.8 Å². The fourth-order valence-electron chi connectivity index (χ4n) is 5.16. The molecule has 1 atom stereocenters. The molecular formula is C29H32N6O3S. The number of aryl methyl sites for hydroxylation is 1. The number of aromatic nitrogens is 2. The molecule has 1 unspecified atom stereocenters. The van der Waals surface area contributed by atoms with Crippen molar-refractivity contribution in [2.24, 2.45) is 0 Å². The Balaban J connectivity index is 1.34. The Bertz CT molecular complexity index is 1570. The zero-order chi connectivity index (χ0) is 27.2. The Morgan fingerprint density at radius 2 is 1.85 bits per heavy atom. The molecule has 2 aromatic carbocycles. The van der Waals surface area contributed by atoms with Crippen LogP contribution in [0, 0.1) is 11.3 Å². The monoisotopic (exact) mass is 544 g/mol. The summed E-state index contributed by atoms with van der Waals surface area (Å²) in [5.74, 6) is -0.243. The first kappa shape index (κ1) is 26.7. The molecule has 0 radical (unpaired) electrons. The molecule has 39 heavy (non-hydrogen) atoms. The van der Waals surface area contributed by atoms with Gasteiger partial charge in [-0.2, -0.15) is 9.98 Å².